The van der Waals surface area contributed by atoms with Crippen LogP contribution >= 0.6 is 0 Å². The maximum Gasteiger partial charge on any atom is 0.338 e. The molecule has 5 atom stereocenters. The Morgan fingerprint density at radius 2 is 1.74 bits per heavy atom. The number of nitro benzene ring substituents is 1. The van der Waals surface area contributed by atoms with Gasteiger partial charge < -0.3 is 14.8 Å². The van der Waals surface area contributed by atoms with Crippen molar-refractivity contribution in [2.45, 2.75) is 18.8 Å². The molecule has 2 aliphatic carbocycles. The Labute approximate surface area is 240 Å². The summed E-state index contributed by atoms with van der Waals surface area (Å²) >= 11 is 0. The van der Waals surface area contributed by atoms with Gasteiger partial charge in [-0.3, -0.25) is 29.4 Å². The Bertz CT molecular complexity index is 1610. The highest BCUT2D eigenvalue weighted by Crippen LogP contribution is 2.61. The number of carbonyl (C=O) groups excluding carboxylic acids is 4. The SMILES string of the molecule is COc1ccc([N+](=O)[O-])c(NC(=O)COC(=O)c2cccc(N3C(=O)[C@@H]4[C@@H]5C[C@@H]([C@@H]4C3=O)[C@H](c3ccccc3)C5)c2)c1. The normalized spacial score (nSPS) is 23.9. The summed E-state index contributed by atoms with van der Waals surface area (Å²) in [5, 5.41) is 13.7. The van der Waals surface area contributed by atoms with Gasteiger partial charge in [-0.05, 0) is 60.4 Å². The molecule has 3 aliphatic rings. The van der Waals surface area contributed by atoms with Crippen LogP contribution in [-0.4, -0.2) is 42.3 Å². The molecular weight excluding hydrogens is 542 g/mol. The van der Waals surface area contributed by atoms with E-state index in [1.165, 1.54) is 47.9 Å². The van der Waals surface area contributed by atoms with Crippen LogP contribution in [0.3, 0.4) is 0 Å². The molecule has 214 valence electrons. The second kappa shape index (κ2) is 10.7. The first kappa shape index (κ1) is 27.1. The molecule has 0 unspecified atom stereocenters. The quantitative estimate of drug-likeness (QED) is 0.183. The van der Waals surface area contributed by atoms with E-state index >= 15 is 0 Å². The summed E-state index contributed by atoms with van der Waals surface area (Å²) in [5.74, 6) is -2.12. The molecular formula is C31H27N3O8. The van der Waals surface area contributed by atoms with Crippen LogP contribution in [0.15, 0.2) is 72.8 Å². The van der Waals surface area contributed by atoms with E-state index in [-0.39, 0.29) is 64.0 Å². The highest BCUT2D eigenvalue weighted by molar-refractivity contribution is 6.23. The zero-order valence-electron chi connectivity index (χ0n) is 22.6. The monoisotopic (exact) mass is 569 g/mol. The molecule has 1 N–H and O–H groups in total. The fourth-order valence-corrected chi connectivity index (χ4v) is 6.87. The summed E-state index contributed by atoms with van der Waals surface area (Å²) in [7, 11) is 1.38. The second-order valence-corrected chi connectivity index (χ2v) is 10.8. The van der Waals surface area contributed by atoms with Crippen molar-refractivity contribution in [2.24, 2.45) is 23.7 Å². The number of amides is 3. The van der Waals surface area contributed by atoms with Crippen LogP contribution in [0.5, 0.6) is 5.75 Å². The lowest BCUT2D eigenvalue weighted by atomic mass is 9.73. The van der Waals surface area contributed by atoms with Crippen LogP contribution in [0, 0.1) is 33.8 Å². The maximum absolute atomic E-state index is 13.6. The Kier molecular flexibility index (Phi) is 6.93. The fraction of sp³-hybridized carbons (Fsp3) is 0.290. The predicted octanol–water partition coefficient (Wildman–Crippen LogP) is 4.33. The maximum atomic E-state index is 13.6. The third-order valence-corrected chi connectivity index (χ3v) is 8.59. The summed E-state index contributed by atoms with van der Waals surface area (Å²) < 4.78 is 10.2. The topological polar surface area (TPSA) is 145 Å². The van der Waals surface area contributed by atoms with Crippen molar-refractivity contribution in [3.8, 4) is 5.75 Å². The molecule has 0 radical (unpaired) electrons. The summed E-state index contributed by atoms with van der Waals surface area (Å²) in [6, 6.07) is 20.0. The van der Waals surface area contributed by atoms with E-state index in [4.69, 9.17) is 9.47 Å². The number of nitrogens with one attached hydrogen (secondary N) is 1. The molecule has 2 saturated carbocycles. The number of rotatable bonds is 8. The van der Waals surface area contributed by atoms with Crippen molar-refractivity contribution < 1.29 is 33.6 Å². The van der Waals surface area contributed by atoms with E-state index in [2.05, 4.69) is 17.4 Å². The van der Waals surface area contributed by atoms with Gasteiger partial charge in [0.15, 0.2) is 6.61 Å². The summed E-state index contributed by atoms with van der Waals surface area (Å²) in [4.78, 5) is 64.2. The van der Waals surface area contributed by atoms with Gasteiger partial charge >= 0.3 is 5.97 Å². The zero-order chi connectivity index (χ0) is 29.5. The van der Waals surface area contributed by atoms with Gasteiger partial charge in [0.2, 0.25) is 11.8 Å². The third-order valence-electron chi connectivity index (χ3n) is 8.59. The van der Waals surface area contributed by atoms with Gasteiger partial charge in [0.1, 0.15) is 11.4 Å². The highest BCUT2D eigenvalue weighted by Gasteiger charge is 2.64. The average molecular weight is 570 g/mol. The van der Waals surface area contributed by atoms with Crippen molar-refractivity contribution in [1.82, 2.24) is 0 Å². The molecule has 0 spiro atoms. The first-order valence-corrected chi connectivity index (χ1v) is 13.6. The largest absolute Gasteiger partial charge is 0.497 e. The Balaban J connectivity index is 1.13. The number of nitro groups is 1. The predicted molar refractivity (Wildman–Crippen MR) is 150 cm³/mol. The van der Waals surface area contributed by atoms with E-state index in [0.29, 0.717) is 5.75 Å². The Morgan fingerprint density at radius 3 is 2.48 bits per heavy atom. The van der Waals surface area contributed by atoms with Gasteiger partial charge in [0.25, 0.3) is 11.6 Å². The van der Waals surface area contributed by atoms with Gasteiger partial charge in [-0.25, -0.2) is 4.79 Å². The number of hydrogen-bond donors (Lipinski definition) is 1. The highest BCUT2D eigenvalue weighted by atomic mass is 16.6. The van der Waals surface area contributed by atoms with Crippen molar-refractivity contribution >= 4 is 40.8 Å². The van der Waals surface area contributed by atoms with Crippen LogP contribution in [0.4, 0.5) is 17.1 Å². The van der Waals surface area contributed by atoms with Gasteiger partial charge in [0, 0.05) is 12.1 Å². The number of anilines is 2. The van der Waals surface area contributed by atoms with Crippen LogP contribution in [0.2, 0.25) is 0 Å². The van der Waals surface area contributed by atoms with Crippen molar-refractivity contribution in [2.75, 3.05) is 23.9 Å². The summed E-state index contributed by atoms with van der Waals surface area (Å²) in [6.45, 7) is -0.715. The number of fused-ring (bicyclic) bond motifs is 5. The van der Waals surface area contributed by atoms with Gasteiger partial charge in [-0.15, -0.1) is 0 Å². The lowest BCUT2D eigenvalue weighted by Gasteiger charge is -2.28. The van der Waals surface area contributed by atoms with E-state index < -0.39 is 23.4 Å². The molecule has 42 heavy (non-hydrogen) atoms. The lowest BCUT2D eigenvalue weighted by Crippen LogP contribution is -2.33. The number of nitrogens with zero attached hydrogens (tertiary/aromatic N) is 2. The smallest absolute Gasteiger partial charge is 0.338 e. The standard InChI is InChI=1S/C31H27N3O8/c1-41-21-10-11-25(34(39)40)24(15-21)32-26(35)16-42-31(38)18-8-5-9-20(12-18)33-29(36)27-19-13-22(17-6-3-2-4-7-17)23(14-19)28(27)30(33)37/h2-12,15,19,22-23,27-28H,13-14,16H2,1H3,(H,32,35)/t19-,22-,23+,27+,28-/m0/s1. The molecule has 6 rings (SSSR count). The van der Waals surface area contributed by atoms with Gasteiger partial charge in [-0.1, -0.05) is 36.4 Å². The van der Waals surface area contributed by atoms with E-state index in [1.807, 2.05) is 18.2 Å². The first-order valence-electron chi connectivity index (χ1n) is 13.6. The average Bonchev–Trinajstić information content (AvgIpc) is 3.67. The molecule has 1 aliphatic heterocycles. The van der Waals surface area contributed by atoms with Gasteiger partial charge in [0.05, 0.1) is 35.1 Å². The number of esters is 1. The minimum Gasteiger partial charge on any atom is -0.497 e. The molecule has 11 heteroatoms. The van der Waals surface area contributed by atoms with Crippen molar-refractivity contribution in [3.63, 3.8) is 0 Å². The minimum atomic E-state index is -0.851. The lowest BCUT2D eigenvalue weighted by molar-refractivity contribution is -0.383. The molecule has 0 aromatic heterocycles. The molecule has 1 saturated heterocycles. The van der Waals surface area contributed by atoms with E-state index in [9.17, 15) is 29.3 Å². The third kappa shape index (κ3) is 4.66. The number of imide groups is 1. The van der Waals surface area contributed by atoms with Crippen LogP contribution < -0.4 is 15.0 Å². The van der Waals surface area contributed by atoms with Crippen molar-refractivity contribution in [1.29, 1.82) is 0 Å². The molecule has 2 bridgehead atoms. The number of methoxy groups -OCH3 is 1. The van der Waals surface area contributed by atoms with Crippen LogP contribution in [0.1, 0.15) is 34.7 Å². The second-order valence-electron chi connectivity index (χ2n) is 10.8. The molecule has 11 nitrogen and oxygen atoms in total. The zero-order valence-corrected chi connectivity index (χ0v) is 22.6. The fourth-order valence-electron chi connectivity index (χ4n) is 6.87. The van der Waals surface area contributed by atoms with Crippen LogP contribution in [-0.2, 0) is 19.1 Å². The number of benzene rings is 3. The van der Waals surface area contributed by atoms with Crippen LogP contribution in [0.25, 0.3) is 0 Å². The molecule has 3 amide bonds. The molecule has 1 heterocycles. The van der Waals surface area contributed by atoms with Crippen molar-refractivity contribution in [3.05, 3.63) is 94.0 Å². The summed E-state index contributed by atoms with van der Waals surface area (Å²) in [5.41, 5.74) is 1.06. The number of hydrogen-bond acceptors (Lipinski definition) is 8. The van der Waals surface area contributed by atoms with E-state index in [1.54, 1.807) is 12.1 Å². The summed E-state index contributed by atoms with van der Waals surface area (Å²) in [6.07, 6.45) is 1.73. The first-order chi connectivity index (χ1) is 20.3. The Hall–Kier alpha value is -5.06. The molecule has 3 aromatic rings. The molecule has 3 aromatic carbocycles. The van der Waals surface area contributed by atoms with E-state index in [0.717, 1.165) is 12.8 Å². The minimum absolute atomic E-state index is 0.0513. The Morgan fingerprint density at radius 1 is 0.976 bits per heavy atom. The van der Waals surface area contributed by atoms with Gasteiger partial charge in [-0.2, -0.15) is 0 Å². The number of ether oxygens (including phenoxy) is 2. The number of carbonyl (C=O) groups is 4. The molecule has 3 fully saturated rings.